The van der Waals surface area contributed by atoms with Crippen LogP contribution in [0.3, 0.4) is 0 Å². The van der Waals surface area contributed by atoms with Crippen LogP contribution < -0.4 is 5.32 Å². The predicted molar refractivity (Wildman–Crippen MR) is 73.7 cm³/mol. The van der Waals surface area contributed by atoms with Crippen molar-refractivity contribution in [1.29, 1.82) is 0 Å². The van der Waals surface area contributed by atoms with Gasteiger partial charge in [0.15, 0.2) is 0 Å². The summed E-state index contributed by atoms with van der Waals surface area (Å²) in [6.45, 7) is 5.25. The van der Waals surface area contributed by atoms with Crippen LogP contribution in [0.1, 0.15) is 35.1 Å². The molecule has 2 rings (SSSR count). The summed E-state index contributed by atoms with van der Waals surface area (Å²) in [4.78, 5) is 8.93. The maximum atomic E-state index is 4.58. The topological polar surface area (TPSA) is 37.8 Å². The molecule has 0 saturated heterocycles. The van der Waals surface area contributed by atoms with Gasteiger partial charge in [-0.3, -0.25) is 0 Å². The molecule has 1 atom stereocenters. The Balaban J connectivity index is 2.07. The van der Waals surface area contributed by atoms with Gasteiger partial charge >= 0.3 is 0 Å². The predicted octanol–water partition coefficient (Wildman–Crippen LogP) is 3.19. The summed E-state index contributed by atoms with van der Waals surface area (Å²) >= 11 is 3.42. The van der Waals surface area contributed by atoms with E-state index in [1.165, 1.54) is 5.01 Å². The van der Waals surface area contributed by atoms with E-state index in [0.717, 1.165) is 30.1 Å². The Kier molecular flexibility index (Phi) is 4.65. The molecule has 2 aromatic rings. The highest BCUT2D eigenvalue weighted by Crippen LogP contribution is 2.21. The van der Waals surface area contributed by atoms with Gasteiger partial charge in [0.2, 0.25) is 0 Å². The summed E-state index contributed by atoms with van der Waals surface area (Å²) in [7, 11) is 0. The Morgan fingerprint density at radius 2 is 2.29 bits per heavy atom. The molecule has 1 unspecified atom stereocenters. The molecule has 0 bridgehead atoms. The van der Waals surface area contributed by atoms with E-state index in [-0.39, 0.29) is 0 Å². The molecule has 0 aliphatic heterocycles. The van der Waals surface area contributed by atoms with Gasteiger partial charge in [0.1, 0.15) is 0 Å². The van der Waals surface area contributed by atoms with Crippen LogP contribution in [-0.4, -0.2) is 16.5 Å². The second kappa shape index (κ2) is 6.23. The van der Waals surface area contributed by atoms with Crippen LogP contribution in [0, 0.1) is 6.92 Å². The minimum atomic E-state index is 0.297. The number of aromatic nitrogens is 2. The molecule has 5 heteroatoms. The van der Waals surface area contributed by atoms with Gasteiger partial charge in [-0.15, -0.1) is 22.7 Å². The fourth-order valence-corrected chi connectivity index (χ4v) is 3.00. The Bertz CT molecular complexity index is 436. The summed E-state index contributed by atoms with van der Waals surface area (Å²) in [5, 5.41) is 10.0. The maximum absolute atomic E-state index is 4.58. The van der Waals surface area contributed by atoms with E-state index in [4.69, 9.17) is 0 Å². The third-order valence-electron chi connectivity index (χ3n) is 2.50. The first-order valence-electron chi connectivity index (χ1n) is 5.83. The van der Waals surface area contributed by atoms with E-state index in [9.17, 15) is 0 Å². The molecule has 2 aromatic heterocycles. The minimum absolute atomic E-state index is 0.297. The zero-order chi connectivity index (χ0) is 12.1. The Morgan fingerprint density at radius 3 is 2.88 bits per heavy atom. The first-order valence-corrected chi connectivity index (χ1v) is 7.59. The Hall–Kier alpha value is -0.780. The van der Waals surface area contributed by atoms with Crippen molar-refractivity contribution < 1.29 is 0 Å². The normalized spacial score (nSPS) is 12.8. The van der Waals surface area contributed by atoms with Gasteiger partial charge < -0.3 is 5.32 Å². The van der Waals surface area contributed by atoms with Gasteiger partial charge in [0.05, 0.1) is 21.8 Å². The quantitative estimate of drug-likeness (QED) is 0.873. The molecule has 0 amide bonds. The molecule has 17 heavy (non-hydrogen) atoms. The van der Waals surface area contributed by atoms with Gasteiger partial charge in [0.25, 0.3) is 0 Å². The maximum Gasteiger partial charge on any atom is 0.0944 e. The van der Waals surface area contributed by atoms with Crippen molar-refractivity contribution in [3.63, 3.8) is 0 Å². The lowest BCUT2D eigenvalue weighted by Crippen LogP contribution is -2.24. The highest BCUT2D eigenvalue weighted by atomic mass is 32.1. The van der Waals surface area contributed by atoms with Crippen LogP contribution in [0.25, 0.3) is 0 Å². The van der Waals surface area contributed by atoms with Crippen LogP contribution in [0.4, 0.5) is 0 Å². The SMILES string of the molecule is CCCNC(Cc1nccs1)c1csc(C)n1. The summed E-state index contributed by atoms with van der Waals surface area (Å²) in [5.74, 6) is 0. The molecular weight excluding hydrogens is 250 g/mol. The summed E-state index contributed by atoms with van der Waals surface area (Å²) in [6.07, 6.45) is 3.93. The van der Waals surface area contributed by atoms with Crippen LogP contribution in [0.5, 0.6) is 0 Å². The van der Waals surface area contributed by atoms with Gasteiger partial charge in [-0.1, -0.05) is 6.92 Å². The van der Waals surface area contributed by atoms with Crippen LogP contribution in [0.15, 0.2) is 17.0 Å². The Labute approximate surface area is 110 Å². The van der Waals surface area contributed by atoms with Crippen molar-refractivity contribution in [1.82, 2.24) is 15.3 Å². The third-order valence-corrected chi connectivity index (χ3v) is 4.09. The van der Waals surface area contributed by atoms with Crippen molar-refractivity contribution in [2.45, 2.75) is 32.7 Å². The second-order valence-corrected chi connectivity index (χ2v) is 5.97. The van der Waals surface area contributed by atoms with Crippen molar-refractivity contribution in [3.05, 3.63) is 32.7 Å². The summed E-state index contributed by atoms with van der Waals surface area (Å²) in [6, 6.07) is 0.297. The summed E-state index contributed by atoms with van der Waals surface area (Å²) in [5.41, 5.74) is 1.15. The van der Waals surface area contributed by atoms with E-state index < -0.39 is 0 Å². The zero-order valence-corrected chi connectivity index (χ0v) is 11.8. The highest BCUT2D eigenvalue weighted by molar-refractivity contribution is 7.09. The first kappa shape index (κ1) is 12.7. The molecule has 0 spiro atoms. The van der Waals surface area contributed by atoms with Gasteiger partial charge in [-0.05, 0) is 19.9 Å². The lowest BCUT2D eigenvalue weighted by atomic mass is 10.1. The monoisotopic (exact) mass is 267 g/mol. The van der Waals surface area contributed by atoms with Gasteiger partial charge in [-0.25, -0.2) is 9.97 Å². The van der Waals surface area contributed by atoms with Crippen molar-refractivity contribution in [2.24, 2.45) is 0 Å². The molecule has 92 valence electrons. The fraction of sp³-hybridized carbons (Fsp3) is 0.500. The van der Waals surface area contributed by atoms with Crippen LogP contribution >= 0.6 is 22.7 Å². The van der Waals surface area contributed by atoms with E-state index in [0.29, 0.717) is 6.04 Å². The van der Waals surface area contributed by atoms with Gasteiger partial charge in [0, 0.05) is 23.4 Å². The molecule has 2 heterocycles. The fourth-order valence-electron chi connectivity index (χ4n) is 1.67. The lowest BCUT2D eigenvalue weighted by molar-refractivity contribution is 0.518. The average molecular weight is 267 g/mol. The standard InChI is InChI=1S/C12H17N3S2/c1-3-4-13-10(7-12-14-5-6-16-12)11-8-17-9(2)15-11/h5-6,8,10,13H,3-4,7H2,1-2H3. The van der Waals surface area contributed by atoms with Crippen molar-refractivity contribution in [3.8, 4) is 0 Å². The number of nitrogens with zero attached hydrogens (tertiary/aromatic N) is 2. The zero-order valence-electron chi connectivity index (χ0n) is 10.1. The number of nitrogens with one attached hydrogen (secondary N) is 1. The molecule has 0 radical (unpaired) electrons. The van der Waals surface area contributed by atoms with E-state index in [2.05, 4.69) is 34.5 Å². The third kappa shape index (κ3) is 3.59. The highest BCUT2D eigenvalue weighted by Gasteiger charge is 2.15. The lowest BCUT2D eigenvalue weighted by Gasteiger charge is -2.15. The number of thiazole rings is 2. The smallest absolute Gasteiger partial charge is 0.0944 e. The molecule has 3 nitrogen and oxygen atoms in total. The van der Waals surface area contributed by atoms with Crippen molar-refractivity contribution >= 4 is 22.7 Å². The molecular formula is C12H17N3S2. The van der Waals surface area contributed by atoms with Crippen LogP contribution in [-0.2, 0) is 6.42 Å². The number of hydrogen-bond donors (Lipinski definition) is 1. The Morgan fingerprint density at radius 1 is 1.41 bits per heavy atom. The molecule has 0 fully saturated rings. The largest absolute Gasteiger partial charge is 0.308 e. The van der Waals surface area contributed by atoms with Crippen molar-refractivity contribution in [2.75, 3.05) is 6.54 Å². The molecule has 0 aliphatic rings. The van der Waals surface area contributed by atoms with E-state index in [1.807, 2.05) is 11.6 Å². The molecule has 1 N–H and O–H groups in total. The molecule has 0 saturated carbocycles. The second-order valence-electron chi connectivity index (χ2n) is 3.93. The first-order chi connectivity index (χ1) is 8.29. The number of rotatable bonds is 6. The van der Waals surface area contributed by atoms with Crippen LogP contribution in [0.2, 0.25) is 0 Å². The van der Waals surface area contributed by atoms with E-state index in [1.54, 1.807) is 22.7 Å². The van der Waals surface area contributed by atoms with E-state index >= 15 is 0 Å². The molecule has 0 aromatic carbocycles. The molecule has 0 aliphatic carbocycles. The number of aryl methyl sites for hydroxylation is 1. The average Bonchev–Trinajstić information content (AvgIpc) is 2.95. The number of hydrogen-bond acceptors (Lipinski definition) is 5. The summed E-state index contributed by atoms with van der Waals surface area (Å²) < 4.78 is 0. The minimum Gasteiger partial charge on any atom is -0.308 e. The van der Waals surface area contributed by atoms with Gasteiger partial charge in [-0.2, -0.15) is 0 Å².